The molecule has 1 rings (SSSR count). The molecule has 0 unspecified atom stereocenters. The Morgan fingerprint density at radius 2 is 2.35 bits per heavy atom. The highest BCUT2D eigenvalue weighted by Crippen LogP contribution is 2.11. The smallest absolute Gasteiger partial charge is 0.254 e. The van der Waals surface area contributed by atoms with Gasteiger partial charge >= 0.3 is 0 Å². The summed E-state index contributed by atoms with van der Waals surface area (Å²) in [5.74, 6) is 0.606. The number of benzene rings is 1. The van der Waals surface area contributed by atoms with Crippen LogP contribution < -0.4 is 11.1 Å². The summed E-state index contributed by atoms with van der Waals surface area (Å²) >= 11 is 1.65. The second kappa shape index (κ2) is 6.96. The molecule has 0 saturated heterocycles. The molecule has 0 atom stereocenters. The Hall–Kier alpha value is -1.49. The van der Waals surface area contributed by atoms with Crippen molar-refractivity contribution in [3.05, 3.63) is 42.2 Å². The molecule has 5 heteroatoms. The number of amides is 1. The molecule has 0 aliphatic rings. The number of carbonyl (C=O) groups excluding carboxylic acids is 1. The zero-order valence-corrected chi connectivity index (χ0v) is 10.2. The van der Waals surface area contributed by atoms with Gasteiger partial charge in [-0.1, -0.05) is 6.08 Å². The molecule has 1 aromatic rings. The Labute approximate surface area is 104 Å². The van der Waals surface area contributed by atoms with Crippen LogP contribution in [-0.4, -0.2) is 24.0 Å². The number of rotatable bonds is 6. The number of hydrogen-bond donors (Lipinski definition) is 2. The van der Waals surface area contributed by atoms with Crippen molar-refractivity contribution >= 4 is 23.4 Å². The minimum atomic E-state index is -0.560. The van der Waals surface area contributed by atoms with E-state index in [0.717, 1.165) is 11.5 Å². The van der Waals surface area contributed by atoms with Crippen molar-refractivity contribution < 1.29 is 9.18 Å². The number of halogens is 1. The molecule has 3 nitrogen and oxygen atoms in total. The van der Waals surface area contributed by atoms with Crippen LogP contribution in [0, 0.1) is 5.82 Å². The summed E-state index contributed by atoms with van der Waals surface area (Å²) in [6.07, 6.45) is 1.80. The van der Waals surface area contributed by atoms with Gasteiger partial charge in [0.05, 0.1) is 5.56 Å². The van der Waals surface area contributed by atoms with Crippen LogP contribution in [-0.2, 0) is 0 Å². The van der Waals surface area contributed by atoms with E-state index in [0.29, 0.717) is 12.2 Å². The standard InChI is InChI=1S/C12H15FN2OS/c1-2-6-17-7-5-15-12(16)10-8-9(14)3-4-11(10)13/h2-4,8H,1,5-7,14H2,(H,15,16). The van der Waals surface area contributed by atoms with Crippen LogP contribution in [0.1, 0.15) is 10.4 Å². The lowest BCUT2D eigenvalue weighted by Gasteiger charge is -2.06. The molecule has 0 heterocycles. The third-order valence-corrected chi connectivity index (χ3v) is 2.97. The van der Waals surface area contributed by atoms with E-state index in [2.05, 4.69) is 11.9 Å². The maximum atomic E-state index is 13.3. The molecule has 92 valence electrons. The van der Waals surface area contributed by atoms with E-state index in [1.165, 1.54) is 18.2 Å². The molecule has 0 spiro atoms. The lowest BCUT2D eigenvalue weighted by atomic mass is 10.2. The van der Waals surface area contributed by atoms with Gasteiger partial charge in [-0.2, -0.15) is 11.8 Å². The average Bonchev–Trinajstić information content (AvgIpc) is 2.32. The molecule has 0 aliphatic heterocycles. The fraction of sp³-hybridized carbons (Fsp3) is 0.250. The first-order valence-electron chi connectivity index (χ1n) is 5.17. The lowest BCUT2D eigenvalue weighted by Crippen LogP contribution is -2.26. The van der Waals surface area contributed by atoms with Crippen molar-refractivity contribution in [1.29, 1.82) is 0 Å². The Bertz CT molecular complexity index is 409. The maximum Gasteiger partial charge on any atom is 0.254 e. The van der Waals surface area contributed by atoms with E-state index >= 15 is 0 Å². The predicted octanol–water partition coefficient (Wildman–Crippen LogP) is 2.06. The molecule has 0 bridgehead atoms. The molecular formula is C12H15FN2OS. The van der Waals surface area contributed by atoms with Gasteiger partial charge in [0, 0.05) is 23.7 Å². The largest absolute Gasteiger partial charge is 0.399 e. The van der Waals surface area contributed by atoms with Crippen molar-refractivity contribution in [1.82, 2.24) is 5.32 Å². The van der Waals surface area contributed by atoms with Crippen LogP contribution in [0.25, 0.3) is 0 Å². The number of nitrogen functional groups attached to an aromatic ring is 1. The van der Waals surface area contributed by atoms with Gasteiger partial charge in [-0.15, -0.1) is 6.58 Å². The van der Waals surface area contributed by atoms with Gasteiger partial charge in [0.25, 0.3) is 5.91 Å². The third-order valence-electron chi connectivity index (χ3n) is 2.00. The van der Waals surface area contributed by atoms with Crippen LogP contribution in [0.3, 0.4) is 0 Å². The lowest BCUT2D eigenvalue weighted by molar-refractivity contribution is 0.0952. The van der Waals surface area contributed by atoms with Crippen molar-refractivity contribution in [2.45, 2.75) is 0 Å². The molecule has 0 fully saturated rings. The van der Waals surface area contributed by atoms with Crippen LogP contribution in [0.15, 0.2) is 30.9 Å². The van der Waals surface area contributed by atoms with Crippen LogP contribution >= 0.6 is 11.8 Å². The average molecular weight is 254 g/mol. The Morgan fingerprint density at radius 3 is 3.06 bits per heavy atom. The highest BCUT2D eigenvalue weighted by atomic mass is 32.2. The Morgan fingerprint density at radius 1 is 1.59 bits per heavy atom. The SMILES string of the molecule is C=CCSCCNC(=O)c1cc(N)ccc1F. The van der Waals surface area contributed by atoms with Crippen LogP contribution in [0.2, 0.25) is 0 Å². The molecule has 0 saturated carbocycles. The molecule has 0 aliphatic carbocycles. The van der Waals surface area contributed by atoms with Crippen LogP contribution in [0.4, 0.5) is 10.1 Å². The van der Waals surface area contributed by atoms with Gasteiger partial charge in [-0.05, 0) is 18.2 Å². The molecular weight excluding hydrogens is 239 g/mol. The highest BCUT2D eigenvalue weighted by Gasteiger charge is 2.10. The monoisotopic (exact) mass is 254 g/mol. The van der Waals surface area contributed by atoms with Gasteiger partial charge in [-0.3, -0.25) is 4.79 Å². The molecule has 0 radical (unpaired) electrons. The normalized spacial score (nSPS) is 9.94. The summed E-state index contributed by atoms with van der Waals surface area (Å²) in [4.78, 5) is 11.6. The van der Waals surface area contributed by atoms with E-state index in [9.17, 15) is 9.18 Å². The fourth-order valence-corrected chi connectivity index (χ4v) is 1.80. The summed E-state index contributed by atoms with van der Waals surface area (Å²) < 4.78 is 13.3. The first kappa shape index (κ1) is 13.6. The van der Waals surface area contributed by atoms with Gasteiger partial charge in [0.15, 0.2) is 0 Å². The number of hydrogen-bond acceptors (Lipinski definition) is 3. The summed E-state index contributed by atoms with van der Waals surface area (Å²) in [6.45, 7) is 4.08. The third kappa shape index (κ3) is 4.48. The molecule has 0 aromatic heterocycles. The van der Waals surface area contributed by atoms with E-state index in [4.69, 9.17) is 5.73 Å². The predicted molar refractivity (Wildman–Crippen MR) is 70.7 cm³/mol. The molecule has 1 amide bonds. The van der Waals surface area contributed by atoms with Gasteiger partial charge in [0.1, 0.15) is 5.82 Å². The molecule has 3 N–H and O–H groups in total. The summed E-state index contributed by atoms with van der Waals surface area (Å²) in [6, 6.07) is 3.95. The van der Waals surface area contributed by atoms with Gasteiger partial charge in [-0.25, -0.2) is 4.39 Å². The Balaban J connectivity index is 2.46. The quantitative estimate of drug-likeness (QED) is 0.464. The second-order valence-electron chi connectivity index (χ2n) is 3.36. The van der Waals surface area contributed by atoms with Gasteiger partial charge < -0.3 is 11.1 Å². The fourth-order valence-electron chi connectivity index (χ4n) is 1.22. The zero-order chi connectivity index (χ0) is 12.7. The van der Waals surface area contributed by atoms with E-state index in [-0.39, 0.29) is 5.56 Å². The van der Waals surface area contributed by atoms with Gasteiger partial charge in [0.2, 0.25) is 0 Å². The number of thioether (sulfide) groups is 1. The van der Waals surface area contributed by atoms with Crippen LogP contribution in [0.5, 0.6) is 0 Å². The van der Waals surface area contributed by atoms with Crippen molar-refractivity contribution in [3.63, 3.8) is 0 Å². The minimum absolute atomic E-state index is 0.0151. The molecule has 17 heavy (non-hydrogen) atoms. The first-order chi connectivity index (χ1) is 8.15. The topological polar surface area (TPSA) is 55.1 Å². The first-order valence-corrected chi connectivity index (χ1v) is 6.32. The number of anilines is 1. The summed E-state index contributed by atoms with van der Waals surface area (Å²) in [5, 5.41) is 2.64. The zero-order valence-electron chi connectivity index (χ0n) is 9.41. The Kier molecular flexibility index (Phi) is 5.56. The highest BCUT2D eigenvalue weighted by molar-refractivity contribution is 7.99. The number of nitrogens with one attached hydrogen (secondary N) is 1. The van der Waals surface area contributed by atoms with E-state index < -0.39 is 11.7 Å². The van der Waals surface area contributed by atoms with E-state index in [1.807, 2.05) is 0 Å². The van der Waals surface area contributed by atoms with Crippen molar-refractivity contribution in [3.8, 4) is 0 Å². The molecule has 1 aromatic carbocycles. The minimum Gasteiger partial charge on any atom is -0.399 e. The summed E-state index contributed by atoms with van der Waals surface area (Å²) in [5.41, 5.74) is 5.86. The summed E-state index contributed by atoms with van der Waals surface area (Å²) in [7, 11) is 0. The number of carbonyl (C=O) groups is 1. The second-order valence-corrected chi connectivity index (χ2v) is 4.51. The van der Waals surface area contributed by atoms with Crippen molar-refractivity contribution in [2.24, 2.45) is 0 Å². The van der Waals surface area contributed by atoms with E-state index in [1.54, 1.807) is 17.8 Å². The van der Waals surface area contributed by atoms with Crippen molar-refractivity contribution in [2.75, 3.05) is 23.8 Å². The maximum absolute atomic E-state index is 13.3. The number of nitrogens with two attached hydrogens (primary N) is 1.